The fourth-order valence-corrected chi connectivity index (χ4v) is 4.87. The van der Waals surface area contributed by atoms with Crippen molar-refractivity contribution in [3.05, 3.63) is 83.9 Å². The molecule has 0 saturated carbocycles. The molecule has 0 aliphatic carbocycles. The smallest absolute Gasteiger partial charge is 0.239 e. The summed E-state index contributed by atoms with van der Waals surface area (Å²) in [6.07, 6.45) is 4.15. The molecule has 1 aliphatic rings. The van der Waals surface area contributed by atoms with Gasteiger partial charge in [-0.3, -0.25) is 9.29 Å². The molecule has 0 N–H and O–H groups in total. The van der Waals surface area contributed by atoms with Gasteiger partial charge in [-0.15, -0.1) is 0 Å². The highest BCUT2D eigenvalue weighted by Gasteiger charge is 2.29. The number of halogens is 1. The van der Waals surface area contributed by atoms with Crippen LogP contribution in [0, 0.1) is 5.82 Å². The van der Waals surface area contributed by atoms with Crippen molar-refractivity contribution >= 4 is 15.7 Å². The van der Waals surface area contributed by atoms with Gasteiger partial charge in [-0.05, 0) is 65.1 Å². The number of hydrogen-bond donors (Lipinski definition) is 0. The summed E-state index contributed by atoms with van der Waals surface area (Å²) >= 11 is 0. The number of rotatable bonds is 4. The van der Waals surface area contributed by atoms with Crippen LogP contribution in [0.5, 0.6) is 0 Å². The molecule has 1 aromatic heterocycles. The largest absolute Gasteiger partial charge is 0.269 e. The van der Waals surface area contributed by atoms with Crippen molar-refractivity contribution in [2.45, 2.75) is 12.2 Å². The van der Waals surface area contributed by atoms with E-state index < -0.39 is 10.0 Å². The van der Waals surface area contributed by atoms with E-state index in [9.17, 15) is 12.8 Å². The van der Waals surface area contributed by atoms with Crippen molar-refractivity contribution in [2.75, 3.05) is 10.8 Å². The van der Waals surface area contributed by atoms with Gasteiger partial charge >= 0.3 is 0 Å². The lowest BCUT2D eigenvalue weighted by molar-refractivity contribution is 0.591. The van der Waals surface area contributed by atoms with Crippen molar-refractivity contribution in [3.8, 4) is 11.1 Å². The van der Waals surface area contributed by atoms with Crippen LogP contribution in [0.4, 0.5) is 10.1 Å². The molecule has 26 heavy (non-hydrogen) atoms. The van der Waals surface area contributed by atoms with Crippen LogP contribution in [0.3, 0.4) is 0 Å². The molecule has 4 nitrogen and oxygen atoms in total. The molecule has 0 bridgehead atoms. The fourth-order valence-electron chi connectivity index (χ4n) is 3.25. The van der Waals surface area contributed by atoms with Crippen molar-refractivity contribution in [1.29, 1.82) is 0 Å². The summed E-state index contributed by atoms with van der Waals surface area (Å²) < 4.78 is 40.1. The van der Waals surface area contributed by atoms with Gasteiger partial charge in [0.05, 0.1) is 11.4 Å². The molecule has 2 aromatic carbocycles. The van der Waals surface area contributed by atoms with Gasteiger partial charge in [0.1, 0.15) is 5.82 Å². The number of benzene rings is 2. The first-order valence-corrected chi connectivity index (χ1v) is 9.92. The zero-order valence-electron chi connectivity index (χ0n) is 14.0. The van der Waals surface area contributed by atoms with Gasteiger partial charge in [-0.25, -0.2) is 12.8 Å². The molecule has 0 saturated heterocycles. The van der Waals surface area contributed by atoms with E-state index in [1.54, 1.807) is 12.4 Å². The average Bonchev–Trinajstić information content (AvgIpc) is 3.08. The van der Waals surface area contributed by atoms with E-state index in [1.165, 1.54) is 28.6 Å². The predicted octanol–water partition coefficient (Wildman–Crippen LogP) is 3.78. The molecule has 1 aliphatic heterocycles. The molecule has 132 valence electrons. The molecule has 4 rings (SSSR count). The topological polar surface area (TPSA) is 50.3 Å². The van der Waals surface area contributed by atoms with Crippen LogP contribution in [0.1, 0.15) is 11.1 Å². The predicted molar refractivity (Wildman–Crippen MR) is 99.7 cm³/mol. The minimum atomic E-state index is -3.52. The Morgan fingerprint density at radius 3 is 2.42 bits per heavy atom. The molecule has 0 fully saturated rings. The third kappa shape index (κ3) is 3.20. The van der Waals surface area contributed by atoms with E-state index >= 15 is 0 Å². The van der Waals surface area contributed by atoms with E-state index in [2.05, 4.69) is 4.98 Å². The van der Waals surface area contributed by atoms with E-state index in [1.807, 2.05) is 30.3 Å². The Morgan fingerprint density at radius 2 is 1.69 bits per heavy atom. The quantitative estimate of drug-likeness (QED) is 0.704. The van der Waals surface area contributed by atoms with Crippen molar-refractivity contribution in [3.63, 3.8) is 0 Å². The minimum Gasteiger partial charge on any atom is -0.269 e. The van der Waals surface area contributed by atoms with Gasteiger partial charge in [-0.1, -0.05) is 18.2 Å². The Bertz CT molecular complexity index is 1040. The van der Waals surface area contributed by atoms with Gasteiger partial charge in [0.2, 0.25) is 10.0 Å². The SMILES string of the molecule is O=S(=O)(Cc1ccc(F)cc1)N1CCc2cc(-c3ccncc3)ccc21. The number of fused-ring (bicyclic) bond motifs is 1. The van der Waals surface area contributed by atoms with Crippen LogP contribution >= 0.6 is 0 Å². The molecular formula is C20H17FN2O2S. The second kappa shape index (κ2) is 6.53. The summed E-state index contributed by atoms with van der Waals surface area (Å²) in [4.78, 5) is 4.02. The molecular weight excluding hydrogens is 351 g/mol. The number of sulfonamides is 1. The second-order valence-corrected chi connectivity index (χ2v) is 8.18. The van der Waals surface area contributed by atoms with Gasteiger partial charge in [-0.2, -0.15) is 0 Å². The monoisotopic (exact) mass is 368 g/mol. The summed E-state index contributed by atoms with van der Waals surface area (Å²) in [6.45, 7) is 0.429. The molecule has 0 spiro atoms. The van der Waals surface area contributed by atoms with Gasteiger partial charge < -0.3 is 0 Å². The van der Waals surface area contributed by atoms with Crippen LogP contribution < -0.4 is 4.31 Å². The first-order chi connectivity index (χ1) is 12.5. The van der Waals surface area contributed by atoms with E-state index in [0.29, 0.717) is 18.5 Å². The molecule has 2 heterocycles. The standard InChI is InChI=1S/C20H17FN2O2S/c21-19-4-1-15(2-5-19)14-26(24,25)23-12-9-18-13-17(3-6-20(18)23)16-7-10-22-11-8-16/h1-8,10-11,13H,9,12,14H2. The average molecular weight is 368 g/mol. The zero-order chi connectivity index (χ0) is 18.1. The second-order valence-electron chi connectivity index (χ2n) is 6.28. The Labute approximate surface area is 152 Å². The van der Waals surface area contributed by atoms with Gasteiger partial charge in [0.15, 0.2) is 0 Å². The van der Waals surface area contributed by atoms with Crippen molar-refractivity contribution < 1.29 is 12.8 Å². The summed E-state index contributed by atoms with van der Waals surface area (Å²) in [5.74, 6) is -0.514. The molecule has 0 atom stereocenters. The molecule has 0 radical (unpaired) electrons. The number of nitrogens with zero attached hydrogens (tertiary/aromatic N) is 2. The first-order valence-electron chi connectivity index (χ1n) is 8.31. The van der Waals surface area contributed by atoms with Crippen LogP contribution in [0.25, 0.3) is 11.1 Å². The summed E-state index contributed by atoms with van der Waals surface area (Å²) in [7, 11) is -3.52. The number of aromatic nitrogens is 1. The molecule has 0 unspecified atom stereocenters. The van der Waals surface area contributed by atoms with Crippen LogP contribution in [-0.2, 0) is 22.2 Å². The molecule has 6 heteroatoms. The Kier molecular flexibility index (Phi) is 4.20. The van der Waals surface area contributed by atoms with E-state index in [0.717, 1.165) is 22.4 Å². The van der Waals surface area contributed by atoms with Gasteiger partial charge in [0, 0.05) is 18.9 Å². The maximum absolute atomic E-state index is 13.0. The maximum atomic E-state index is 13.0. The summed E-state index contributed by atoms with van der Waals surface area (Å²) in [5, 5.41) is 0. The van der Waals surface area contributed by atoms with Crippen LogP contribution in [-0.4, -0.2) is 19.9 Å². The third-order valence-electron chi connectivity index (χ3n) is 4.54. The number of pyridine rings is 1. The van der Waals surface area contributed by atoms with E-state index in [-0.39, 0.29) is 11.6 Å². The van der Waals surface area contributed by atoms with Crippen molar-refractivity contribution in [1.82, 2.24) is 4.98 Å². The third-order valence-corrected chi connectivity index (χ3v) is 6.29. The highest BCUT2D eigenvalue weighted by Crippen LogP contribution is 2.34. The summed E-state index contributed by atoms with van der Waals surface area (Å²) in [5.41, 5.74) is 4.42. The lowest BCUT2D eigenvalue weighted by atomic mass is 10.0. The first kappa shape index (κ1) is 16.7. The maximum Gasteiger partial charge on any atom is 0.239 e. The lowest BCUT2D eigenvalue weighted by Crippen LogP contribution is -2.30. The molecule has 0 amide bonds. The normalized spacial score (nSPS) is 13.7. The van der Waals surface area contributed by atoms with Gasteiger partial charge in [0.25, 0.3) is 0 Å². The number of hydrogen-bond acceptors (Lipinski definition) is 3. The highest BCUT2D eigenvalue weighted by atomic mass is 32.2. The van der Waals surface area contributed by atoms with Crippen molar-refractivity contribution in [2.24, 2.45) is 0 Å². The Hall–Kier alpha value is -2.73. The molecule has 3 aromatic rings. The minimum absolute atomic E-state index is 0.140. The summed E-state index contributed by atoms with van der Waals surface area (Å²) in [6, 6.07) is 15.3. The number of anilines is 1. The Balaban J connectivity index is 1.62. The van der Waals surface area contributed by atoms with E-state index in [4.69, 9.17) is 0 Å². The lowest BCUT2D eigenvalue weighted by Gasteiger charge is -2.20. The highest BCUT2D eigenvalue weighted by molar-refractivity contribution is 7.92. The fraction of sp³-hybridized carbons (Fsp3) is 0.150. The Morgan fingerprint density at radius 1 is 0.962 bits per heavy atom. The van der Waals surface area contributed by atoms with Crippen LogP contribution in [0.15, 0.2) is 67.0 Å². The zero-order valence-corrected chi connectivity index (χ0v) is 14.8. The van der Waals surface area contributed by atoms with Crippen LogP contribution in [0.2, 0.25) is 0 Å².